The Bertz CT molecular complexity index is 287. The molecule has 1 heterocycles. The molecule has 18 heavy (non-hydrogen) atoms. The van der Waals surface area contributed by atoms with Crippen molar-refractivity contribution in [3.05, 3.63) is 0 Å². The van der Waals surface area contributed by atoms with E-state index in [0.29, 0.717) is 19.1 Å². The summed E-state index contributed by atoms with van der Waals surface area (Å²) in [5.41, 5.74) is -0.685. The van der Waals surface area contributed by atoms with E-state index in [1.54, 1.807) is 7.11 Å². The Balaban J connectivity index is 1.99. The highest BCUT2D eigenvalue weighted by Crippen LogP contribution is 2.40. The van der Waals surface area contributed by atoms with E-state index < -0.39 is 5.54 Å². The first kappa shape index (κ1) is 13.8. The van der Waals surface area contributed by atoms with Gasteiger partial charge in [0.25, 0.3) is 0 Å². The molecule has 2 fully saturated rings. The monoisotopic (exact) mass is 257 g/mol. The van der Waals surface area contributed by atoms with E-state index in [9.17, 15) is 4.79 Å². The third kappa shape index (κ3) is 2.84. The molecule has 0 aromatic heterocycles. The predicted octanol–water partition coefficient (Wildman–Crippen LogP) is 0.723. The smallest absolute Gasteiger partial charge is 0.328 e. The lowest BCUT2D eigenvalue weighted by Crippen LogP contribution is -2.59. The maximum Gasteiger partial charge on any atom is 0.328 e. The fourth-order valence-corrected chi connectivity index (χ4v) is 2.70. The molecule has 2 rings (SSSR count). The van der Waals surface area contributed by atoms with Crippen LogP contribution in [0.25, 0.3) is 0 Å². The van der Waals surface area contributed by atoms with Gasteiger partial charge in [-0.1, -0.05) is 0 Å². The van der Waals surface area contributed by atoms with Gasteiger partial charge in [-0.15, -0.1) is 0 Å². The van der Waals surface area contributed by atoms with Gasteiger partial charge in [0.05, 0.1) is 19.8 Å². The Labute approximate surface area is 108 Å². The maximum absolute atomic E-state index is 12.1. The Hall–Kier alpha value is -0.650. The molecule has 1 saturated carbocycles. The minimum absolute atomic E-state index is 0.213. The molecule has 1 N–H and O–H groups in total. The standard InChI is InChI=1S/C13H23NO4/c1-16-9-13(10-5-6-10,12(15)17-2)14-8-11-4-3-7-18-11/h10-11,14H,3-9H2,1-2H3. The molecule has 104 valence electrons. The van der Waals surface area contributed by atoms with E-state index in [1.807, 2.05) is 0 Å². The summed E-state index contributed by atoms with van der Waals surface area (Å²) in [7, 11) is 3.05. The van der Waals surface area contributed by atoms with Crippen LogP contribution in [0.4, 0.5) is 0 Å². The van der Waals surface area contributed by atoms with Crippen LogP contribution >= 0.6 is 0 Å². The summed E-state index contributed by atoms with van der Waals surface area (Å²) in [4.78, 5) is 12.1. The van der Waals surface area contributed by atoms with Crippen LogP contribution in [-0.2, 0) is 19.0 Å². The summed E-state index contributed by atoms with van der Waals surface area (Å²) in [5, 5.41) is 3.36. The summed E-state index contributed by atoms with van der Waals surface area (Å²) in [5.74, 6) is 0.108. The number of nitrogens with one attached hydrogen (secondary N) is 1. The van der Waals surface area contributed by atoms with E-state index in [0.717, 1.165) is 32.3 Å². The van der Waals surface area contributed by atoms with Crippen molar-refractivity contribution in [3.8, 4) is 0 Å². The number of carbonyl (C=O) groups excluding carboxylic acids is 1. The summed E-state index contributed by atoms with van der Waals surface area (Å²) in [6.45, 7) is 1.87. The Kier molecular flexibility index (Phi) is 4.59. The maximum atomic E-state index is 12.1. The number of methoxy groups -OCH3 is 2. The average molecular weight is 257 g/mol. The molecule has 0 radical (unpaired) electrons. The highest BCUT2D eigenvalue weighted by Gasteiger charge is 2.52. The Morgan fingerprint density at radius 1 is 1.39 bits per heavy atom. The number of carbonyl (C=O) groups is 1. The van der Waals surface area contributed by atoms with Gasteiger partial charge >= 0.3 is 5.97 Å². The van der Waals surface area contributed by atoms with Crippen molar-refractivity contribution in [2.75, 3.05) is 34.0 Å². The molecule has 2 unspecified atom stereocenters. The number of rotatable bonds is 7. The SMILES string of the molecule is COCC(NCC1CCCO1)(C(=O)OC)C1CC1. The minimum atomic E-state index is -0.685. The lowest BCUT2D eigenvalue weighted by molar-refractivity contribution is -0.152. The van der Waals surface area contributed by atoms with Crippen molar-refractivity contribution < 1.29 is 19.0 Å². The van der Waals surface area contributed by atoms with Crippen LogP contribution in [0.3, 0.4) is 0 Å². The number of ether oxygens (including phenoxy) is 3. The molecule has 5 heteroatoms. The molecule has 1 saturated heterocycles. The van der Waals surface area contributed by atoms with Crippen molar-refractivity contribution >= 4 is 5.97 Å². The molecule has 0 aromatic rings. The molecule has 0 aromatic carbocycles. The van der Waals surface area contributed by atoms with Crippen LogP contribution in [0.5, 0.6) is 0 Å². The Morgan fingerprint density at radius 2 is 2.17 bits per heavy atom. The number of esters is 1. The molecule has 0 bridgehead atoms. The summed E-state index contributed by atoms with van der Waals surface area (Å²) >= 11 is 0. The molecular weight excluding hydrogens is 234 g/mol. The van der Waals surface area contributed by atoms with Crippen LogP contribution in [0.2, 0.25) is 0 Å². The Morgan fingerprint density at radius 3 is 2.67 bits per heavy atom. The van der Waals surface area contributed by atoms with Gasteiger partial charge < -0.3 is 14.2 Å². The zero-order valence-electron chi connectivity index (χ0n) is 11.2. The highest BCUT2D eigenvalue weighted by atomic mass is 16.5. The number of hydrogen-bond acceptors (Lipinski definition) is 5. The van der Waals surface area contributed by atoms with Crippen molar-refractivity contribution in [2.24, 2.45) is 5.92 Å². The quantitative estimate of drug-likeness (QED) is 0.681. The van der Waals surface area contributed by atoms with Crippen molar-refractivity contribution in [1.82, 2.24) is 5.32 Å². The van der Waals surface area contributed by atoms with Crippen molar-refractivity contribution in [1.29, 1.82) is 0 Å². The first-order valence-electron chi connectivity index (χ1n) is 6.67. The lowest BCUT2D eigenvalue weighted by Gasteiger charge is -2.32. The van der Waals surface area contributed by atoms with E-state index in [1.165, 1.54) is 7.11 Å². The zero-order chi connectivity index (χ0) is 13.0. The number of hydrogen-bond donors (Lipinski definition) is 1. The topological polar surface area (TPSA) is 56.8 Å². The second-order valence-corrected chi connectivity index (χ2v) is 5.19. The summed E-state index contributed by atoms with van der Waals surface area (Å²) in [6.07, 6.45) is 4.48. The van der Waals surface area contributed by atoms with Gasteiger partial charge in [-0.3, -0.25) is 5.32 Å². The van der Waals surface area contributed by atoms with E-state index in [-0.39, 0.29) is 12.1 Å². The van der Waals surface area contributed by atoms with Crippen molar-refractivity contribution in [2.45, 2.75) is 37.3 Å². The fraction of sp³-hybridized carbons (Fsp3) is 0.923. The second kappa shape index (κ2) is 5.99. The molecule has 1 aliphatic heterocycles. The molecule has 0 spiro atoms. The van der Waals surface area contributed by atoms with E-state index in [4.69, 9.17) is 14.2 Å². The second-order valence-electron chi connectivity index (χ2n) is 5.19. The first-order chi connectivity index (χ1) is 8.73. The largest absolute Gasteiger partial charge is 0.468 e. The minimum Gasteiger partial charge on any atom is -0.468 e. The molecular formula is C13H23NO4. The molecule has 2 aliphatic rings. The van der Waals surface area contributed by atoms with Crippen molar-refractivity contribution in [3.63, 3.8) is 0 Å². The fourth-order valence-electron chi connectivity index (χ4n) is 2.70. The average Bonchev–Trinajstić information content (AvgIpc) is 3.11. The van der Waals surface area contributed by atoms with E-state index >= 15 is 0 Å². The van der Waals surface area contributed by atoms with E-state index in [2.05, 4.69) is 5.32 Å². The van der Waals surface area contributed by atoms with Gasteiger partial charge in [-0.2, -0.15) is 0 Å². The first-order valence-corrected chi connectivity index (χ1v) is 6.67. The van der Waals surface area contributed by atoms with Crippen LogP contribution in [0.1, 0.15) is 25.7 Å². The molecule has 0 amide bonds. The normalized spacial score (nSPS) is 26.9. The summed E-state index contributed by atoms with van der Waals surface area (Å²) in [6, 6.07) is 0. The van der Waals surface area contributed by atoms with Crippen LogP contribution in [0.15, 0.2) is 0 Å². The van der Waals surface area contributed by atoms with Gasteiger partial charge in [-0.05, 0) is 31.6 Å². The van der Waals surface area contributed by atoms with Crippen LogP contribution in [-0.4, -0.2) is 51.6 Å². The van der Waals surface area contributed by atoms with Gasteiger partial charge in [0.15, 0.2) is 0 Å². The third-order valence-corrected chi connectivity index (χ3v) is 3.87. The van der Waals surface area contributed by atoms with Gasteiger partial charge in [0, 0.05) is 20.3 Å². The molecule has 1 aliphatic carbocycles. The van der Waals surface area contributed by atoms with Gasteiger partial charge in [0.1, 0.15) is 5.54 Å². The molecule has 2 atom stereocenters. The van der Waals surface area contributed by atoms with Gasteiger partial charge in [-0.25, -0.2) is 4.79 Å². The van der Waals surface area contributed by atoms with Crippen LogP contribution < -0.4 is 5.32 Å². The zero-order valence-corrected chi connectivity index (χ0v) is 11.2. The lowest BCUT2D eigenvalue weighted by atomic mass is 9.93. The van der Waals surface area contributed by atoms with Crippen LogP contribution in [0, 0.1) is 5.92 Å². The molecule has 5 nitrogen and oxygen atoms in total. The third-order valence-electron chi connectivity index (χ3n) is 3.87. The van der Waals surface area contributed by atoms with Gasteiger partial charge in [0.2, 0.25) is 0 Å². The predicted molar refractivity (Wildman–Crippen MR) is 66.3 cm³/mol. The highest BCUT2D eigenvalue weighted by molar-refractivity contribution is 5.82. The summed E-state index contributed by atoms with van der Waals surface area (Å²) < 4.78 is 15.8.